The fourth-order valence-electron chi connectivity index (χ4n) is 1.78. The summed E-state index contributed by atoms with van der Waals surface area (Å²) in [6, 6.07) is 9.86. The van der Waals surface area contributed by atoms with Crippen LogP contribution in [0.3, 0.4) is 0 Å². The van der Waals surface area contributed by atoms with E-state index in [4.69, 9.17) is 4.74 Å². The fourth-order valence-corrected chi connectivity index (χ4v) is 2.28. The second kappa shape index (κ2) is 5.40. The maximum atomic E-state index is 5.37. The fraction of sp³-hybridized carbons (Fsp3) is 0.214. The highest BCUT2D eigenvalue weighted by atomic mass is 79.9. The molecular formula is C14H15BrN2O. The van der Waals surface area contributed by atoms with Gasteiger partial charge in [0.1, 0.15) is 11.6 Å². The molecule has 1 heterocycles. The summed E-state index contributed by atoms with van der Waals surface area (Å²) in [6.07, 6.45) is 1.81. The van der Waals surface area contributed by atoms with E-state index in [1.807, 2.05) is 49.2 Å². The molecular weight excluding hydrogens is 292 g/mol. The van der Waals surface area contributed by atoms with Crippen molar-refractivity contribution < 1.29 is 4.74 Å². The largest absolute Gasteiger partial charge is 0.495 e. The van der Waals surface area contributed by atoms with Gasteiger partial charge in [0.25, 0.3) is 0 Å². The number of halogens is 1. The lowest BCUT2D eigenvalue weighted by atomic mass is 10.2. The minimum atomic E-state index is 0.829. The Morgan fingerprint density at radius 1 is 1.22 bits per heavy atom. The second-order valence-corrected chi connectivity index (χ2v) is 4.79. The zero-order valence-electron chi connectivity index (χ0n) is 10.6. The number of benzene rings is 1. The highest BCUT2D eigenvalue weighted by molar-refractivity contribution is 9.10. The van der Waals surface area contributed by atoms with Gasteiger partial charge in [-0.2, -0.15) is 0 Å². The van der Waals surface area contributed by atoms with E-state index in [0.717, 1.165) is 27.3 Å². The van der Waals surface area contributed by atoms with Crippen LogP contribution in [0.1, 0.15) is 5.56 Å². The molecule has 1 aromatic carbocycles. The number of aryl methyl sites for hydroxylation is 1. The molecule has 0 radical (unpaired) electrons. The first-order valence-electron chi connectivity index (χ1n) is 5.63. The monoisotopic (exact) mass is 306 g/mol. The zero-order valence-corrected chi connectivity index (χ0v) is 12.2. The molecule has 0 N–H and O–H groups in total. The van der Waals surface area contributed by atoms with Crippen molar-refractivity contribution in [3.05, 3.63) is 46.6 Å². The maximum Gasteiger partial charge on any atom is 0.147 e. The molecule has 0 atom stereocenters. The smallest absolute Gasteiger partial charge is 0.147 e. The number of methoxy groups -OCH3 is 1. The van der Waals surface area contributed by atoms with Gasteiger partial charge in [0.2, 0.25) is 0 Å². The average Bonchev–Trinajstić information content (AvgIpc) is 2.41. The molecule has 0 unspecified atom stereocenters. The van der Waals surface area contributed by atoms with Crippen molar-refractivity contribution in [3.8, 4) is 5.75 Å². The van der Waals surface area contributed by atoms with Gasteiger partial charge in [0.05, 0.1) is 17.3 Å². The third-order valence-electron chi connectivity index (χ3n) is 2.83. The highest BCUT2D eigenvalue weighted by Gasteiger charge is 2.14. The van der Waals surface area contributed by atoms with E-state index in [-0.39, 0.29) is 0 Å². The first-order chi connectivity index (χ1) is 8.65. The minimum absolute atomic E-state index is 0.829. The van der Waals surface area contributed by atoms with Gasteiger partial charge in [-0.25, -0.2) is 4.98 Å². The van der Waals surface area contributed by atoms with Crippen molar-refractivity contribution in [3.63, 3.8) is 0 Å². The van der Waals surface area contributed by atoms with E-state index >= 15 is 0 Å². The Kier molecular flexibility index (Phi) is 3.87. The molecule has 1 aromatic heterocycles. The Labute approximate surface area is 116 Å². The number of para-hydroxylation sites is 2. The quantitative estimate of drug-likeness (QED) is 0.859. The number of nitrogens with zero attached hydrogens (tertiary/aromatic N) is 2. The number of pyridine rings is 1. The Hall–Kier alpha value is -1.55. The lowest BCUT2D eigenvalue weighted by Crippen LogP contribution is -2.13. The molecule has 0 aliphatic carbocycles. The summed E-state index contributed by atoms with van der Waals surface area (Å²) in [5, 5.41) is 0. The Morgan fingerprint density at radius 2 is 1.94 bits per heavy atom. The Morgan fingerprint density at radius 3 is 2.67 bits per heavy atom. The van der Waals surface area contributed by atoms with E-state index in [1.165, 1.54) is 0 Å². The number of hydrogen-bond donors (Lipinski definition) is 0. The van der Waals surface area contributed by atoms with Crippen molar-refractivity contribution in [2.24, 2.45) is 0 Å². The predicted molar refractivity (Wildman–Crippen MR) is 77.7 cm³/mol. The first kappa shape index (κ1) is 12.9. The van der Waals surface area contributed by atoms with Crippen LogP contribution in [-0.4, -0.2) is 19.1 Å². The number of anilines is 2. The van der Waals surface area contributed by atoms with Crippen LogP contribution >= 0.6 is 15.9 Å². The summed E-state index contributed by atoms with van der Waals surface area (Å²) in [5.74, 6) is 1.70. The molecule has 0 aliphatic heterocycles. The molecule has 3 nitrogen and oxygen atoms in total. The van der Waals surface area contributed by atoms with Crippen LogP contribution in [0.5, 0.6) is 5.75 Å². The molecule has 0 aliphatic rings. The molecule has 0 saturated heterocycles. The molecule has 18 heavy (non-hydrogen) atoms. The topological polar surface area (TPSA) is 25.4 Å². The van der Waals surface area contributed by atoms with Crippen molar-refractivity contribution >= 4 is 27.4 Å². The van der Waals surface area contributed by atoms with Gasteiger partial charge in [0, 0.05) is 13.2 Å². The summed E-state index contributed by atoms with van der Waals surface area (Å²) in [5.41, 5.74) is 2.14. The summed E-state index contributed by atoms with van der Waals surface area (Å²) in [7, 11) is 3.65. The zero-order chi connectivity index (χ0) is 13.1. The van der Waals surface area contributed by atoms with Crippen LogP contribution in [0.4, 0.5) is 11.5 Å². The third kappa shape index (κ3) is 2.34. The van der Waals surface area contributed by atoms with Gasteiger partial charge in [0.15, 0.2) is 0 Å². The van der Waals surface area contributed by atoms with E-state index in [9.17, 15) is 0 Å². The van der Waals surface area contributed by atoms with Gasteiger partial charge in [-0.3, -0.25) is 0 Å². The van der Waals surface area contributed by atoms with Gasteiger partial charge in [-0.1, -0.05) is 12.1 Å². The van der Waals surface area contributed by atoms with Crippen LogP contribution in [0.25, 0.3) is 0 Å². The summed E-state index contributed by atoms with van der Waals surface area (Å²) < 4.78 is 6.37. The number of aromatic nitrogens is 1. The number of rotatable bonds is 3. The van der Waals surface area contributed by atoms with Gasteiger partial charge < -0.3 is 9.64 Å². The van der Waals surface area contributed by atoms with Crippen LogP contribution < -0.4 is 9.64 Å². The highest BCUT2D eigenvalue weighted by Crippen LogP contribution is 2.35. The average molecular weight is 307 g/mol. The maximum absolute atomic E-state index is 5.37. The number of ether oxygens (including phenoxy) is 1. The van der Waals surface area contributed by atoms with Crippen molar-refractivity contribution in [1.29, 1.82) is 0 Å². The first-order valence-corrected chi connectivity index (χ1v) is 6.42. The molecule has 0 saturated carbocycles. The van der Waals surface area contributed by atoms with E-state index < -0.39 is 0 Å². The normalized spacial score (nSPS) is 10.2. The van der Waals surface area contributed by atoms with Crippen molar-refractivity contribution in [2.75, 3.05) is 19.1 Å². The Bertz CT molecular complexity index is 557. The minimum Gasteiger partial charge on any atom is -0.495 e. The molecule has 94 valence electrons. The van der Waals surface area contributed by atoms with E-state index in [1.54, 1.807) is 13.3 Å². The van der Waals surface area contributed by atoms with E-state index in [2.05, 4.69) is 20.9 Å². The summed E-state index contributed by atoms with van der Waals surface area (Å²) >= 11 is 3.58. The second-order valence-electron chi connectivity index (χ2n) is 4.00. The third-order valence-corrected chi connectivity index (χ3v) is 3.81. The van der Waals surface area contributed by atoms with Crippen molar-refractivity contribution in [1.82, 2.24) is 4.98 Å². The molecule has 4 heteroatoms. The van der Waals surface area contributed by atoms with Crippen molar-refractivity contribution in [2.45, 2.75) is 6.92 Å². The van der Waals surface area contributed by atoms with Crippen LogP contribution in [0, 0.1) is 6.92 Å². The lowest BCUT2D eigenvalue weighted by molar-refractivity contribution is 0.415. The number of hydrogen-bond acceptors (Lipinski definition) is 3. The summed E-state index contributed by atoms with van der Waals surface area (Å²) in [4.78, 5) is 6.42. The van der Waals surface area contributed by atoms with Crippen LogP contribution in [-0.2, 0) is 0 Å². The predicted octanol–water partition coefficient (Wildman–Crippen LogP) is 3.93. The lowest BCUT2D eigenvalue weighted by Gasteiger charge is -2.22. The van der Waals surface area contributed by atoms with E-state index in [0.29, 0.717) is 0 Å². The molecule has 2 rings (SSSR count). The SMILES string of the molecule is COc1ccccc1N(C)c1nccc(C)c1Br. The molecule has 0 spiro atoms. The molecule has 0 amide bonds. The summed E-state index contributed by atoms with van der Waals surface area (Å²) in [6.45, 7) is 2.05. The molecule has 2 aromatic rings. The van der Waals surface area contributed by atoms with Gasteiger partial charge in [-0.15, -0.1) is 0 Å². The standard InChI is InChI=1S/C14H15BrN2O/c1-10-8-9-16-14(13(10)15)17(2)11-6-4-5-7-12(11)18-3/h4-9H,1-3H3. The van der Waals surface area contributed by atoms with Gasteiger partial charge in [-0.05, 0) is 46.6 Å². The van der Waals surface area contributed by atoms with Crippen LogP contribution in [0.2, 0.25) is 0 Å². The molecule has 0 bridgehead atoms. The molecule has 0 fully saturated rings. The van der Waals surface area contributed by atoms with Crippen LogP contribution in [0.15, 0.2) is 41.0 Å². The van der Waals surface area contributed by atoms with Gasteiger partial charge >= 0.3 is 0 Å². The Balaban J connectivity index is 2.48.